The molecule has 0 spiro atoms. The monoisotopic (exact) mass is 389 g/mol. The number of methoxy groups -OCH3 is 1. The van der Waals surface area contributed by atoms with E-state index in [4.69, 9.17) is 21.7 Å². The first-order valence-electron chi connectivity index (χ1n) is 8.19. The van der Waals surface area contributed by atoms with Crippen molar-refractivity contribution >= 4 is 24.0 Å². The van der Waals surface area contributed by atoms with E-state index in [1.165, 1.54) is 19.2 Å². The summed E-state index contributed by atoms with van der Waals surface area (Å²) in [7, 11) is 1.51. The van der Waals surface area contributed by atoms with Crippen LogP contribution in [0.3, 0.4) is 0 Å². The number of rotatable bonds is 5. The van der Waals surface area contributed by atoms with Gasteiger partial charge in [-0.25, -0.2) is 0 Å². The lowest BCUT2D eigenvalue weighted by atomic mass is 9.77. The molecule has 0 amide bonds. The van der Waals surface area contributed by atoms with Crippen molar-refractivity contribution in [3.63, 3.8) is 0 Å². The van der Waals surface area contributed by atoms with Crippen LogP contribution in [0.4, 0.5) is 5.82 Å². The Morgan fingerprint density at radius 3 is 2.63 bits per heavy atom. The van der Waals surface area contributed by atoms with Crippen LogP contribution in [0.25, 0.3) is 0 Å². The molecule has 1 aliphatic rings. The van der Waals surface area contributed by atoms with E-state index in [0.717, 1.165) is 0 Å². The van der Waals surface area contributed by atoms with Crippen LogP contribution >= 0.6 is 12.2 Å². The lowest BCUT2D eigenvalue weighted by Crippen LogP contribution is -2.38. The molecular formula is C18H19N3O5S. The minimum Gasteiger partial charge on any atom is -0.508 e. The number of carbonyl (C=O) groups excluding carboxylic acids is 1. The Bertz CT molecular complexity index is 980. The summed E-state index contributed by atoms with van der Waals surface area (Å²) in [6.07, 6.45) is 0. The van der Waals surface area contributed by atoms with Crippen LogP contribution in [-0.2, 0) is 14.3 Å². The molecule has 2 aromatic rings. The Morgan fingerprint density at radius 1 is 1.26 bits per heavy atom. The second-order valence-electron chi connectivity index (χ2n) is 6.05. The first-order valence-corrected chi connectivity index (χ1v) is 8.60. The molecule has 0 aliphatic carbocycles. The number of fused-ring (bicyclic) bond motifs is 1. The van der Waals surface area contributed by atoms with Crippen LogP contribution in [-0.4, -0.2) is 41.4 Å². The molecule has 2 heterocycles. The molecule has 9 heteroatoms. The molecule has 0 saturated carbocycles. The maximum absolute atomic E-state index is 12.8. The fourth-order valence-electron chi connectivity index (χ4n) is 3.13. The van der Waals surface area contributed by atoms with Crippen LogP contribution < -0.4 is 10.9 Å². The molecule has 1 aliphatic heterocycles. The van der Waals surface area contributed by atoms with Gasteiger partial charge in [0.25, 0.3) is 5.56 Å². The summed E-state index contributed by atoms with van der Waals surface area (Å²) in [5, 5.41) is 12.5. The molecule has 0 unspecified atom stereocenters. The summed E-state index contributed by atoms with van der Waals surface area (Å²) < 4.78 is 10.4. The normalized spacial score (nSPS) is 18.5. The van der Waals surface area contributed by atoms with Gasteiger partial charge < -0.3 is 24.9 Å². The Morgan fingerprint density at radius 2 is 1.96 bits per heavy atom. The molecule has 2 atom stereocenters. The SMILES string of the molecule is C=C1Nc2[nH]c(=S)[nH]c(=O)c2[C@@H](c2ccc(O)cc2)[C@H]1C(=O)OCCOC. The fourth-order valence-corrected chi connectivity index (χ4v) is 3.33. The molecule has 1 aromatic carbocycles. The molecular weight excluding hydrogens is 370 g/mol. The van der Waals surface area contributed by atoms with Crippen LogP contribution in [0.5, 0.6) is 5.75 Å². The third-order valence-corrected chi connectivity index (χ3v) is 4.53. The molecule has 0 fully saturated rings. The van der Waals surface area contributed by atoms with E-state index < -0.39 is 23.4 Å². The highest BCUT2D eigenvalue weighted by Crippen LogP contribution is 2.42. The molecule has 1 aromatic heterocycles. The van der Waals surface area contributed by atoms with E-state index in [9.17, 15) is 14.7 Å². The van der Waals surface area contributed by atoms with Crippen LogP contribution in [0.1, 0.15) is 17.0 Å². The molecule has 0 radical (unpaired) electrons. The van der Waals surface area contributed by atoms with Crippen molar-refractivity contribution in [1.82, 2.24) is 9.97 Å². The van der Waals surface area contributed by atoms with Gasteiger partial charge in [0, 0.05) is 18.7 Å². The molecule has 27 heavy (non-hydrogen) atoms. The highest BCUT2D eigenvalue weighted by atomic mass is 32.1. The van der Waals surface area contributed by atoms with Gasteiger partial charge in [0.2, 0.25) is 0 Å². The van der Waals surface area contributed by atoms with E-state index in [1.807, 2.05) is 0 Å². The maximum Gasteiger partial charge on any atom is 0.315 e. The van der Waals surface area contributed by atoms with Crippen LogP contribution in [0, 0.1) is 10.7 Å². The minimum atomic E-state index is -0.843. The highest BCUT2D eigenvalue weighted by Gasteiger charge is 2.41. The van der Waals surface area contributed by atoms with Gasteiger partial charge in [0.15, 0.2) is 4.77 Å². The smallest absolute Gasteiger partial charge is 0.315 e. The predicted octanol–water partition coefficient (Wildman–Crippen LogP) is 2.01. The summed E-state index contributed by atoms with van der Waals surface area (Å²) in [6.45, 7) is 4.28. The van der Waals surface area contributed by atoms with Crippen molar-refractivity contribution in [3.8, 4) is 5.75 Å². The Balaban J connectivity index is 2.12. The number of aromatic hydroxyl groups is 1. The van der Waals surface area contributed by atoms with Crippen molar-refractivity contribution in [2.75, 3.05) is 25.6 Å². The first kappa shape index (κ1) is 18.9. The largest absolute Gasteiger partial charge is 0.508 e. The fraction of sp³-hybridized carbons (Fsp3) is 0.278. The quantitative estimate of drug-likeness (QED) is 0.351. The van der Waals surface area contributed by atoms with Gasteiger partial charge in [-0.1, -0.05) is 18.7 Å². The summed E-state index contributed by atoms with van der Waals surface area (Å²) >= 11 is 5.03. The van der Waals surface area contributed by atoms with Crippen LogP contribution in [0.2, 0.25) is 0 Å². The number of aromatic nitrogens is 2. The third kappa shape index (κ3) is 3.79. The van der Waals surface area contributed by atoms with Gasteiger partial charge in [-0.15, -0.1) is 0 Å². The third-order valence-electron chi connectivity index (χ3n) is 4.32. The topological polar surface area (TPSA) is 116 Å². The van der Waals surface area contributed by atoms with E-state index in [0.29, 0.717) is 22.6 Å². The highest BCUT2D eigenvalue weighted by molar-refractivity contribution is 7.71. The number of nitrogens with one attached hydrogen (secondary N) is 3. The second-order valence-corrected chi connectivity index (χ2v) is 6.46. The average molecular weight is 389 g/mol. The van der Waals surface area contributed by atoms with E-state index >= 15 is 0 Å². The first-order chi connectivity index (χ1) is 12.9. The van der Waals surface area contributed by atoms with Crippen molar-refractivity contribution in [2.45, 2.75) is 5.92 Å². The van der Waals surface area contributed by atoms with Gasteiger partial charge in [-0.05, 0) is 29.9 Å². The number of anilines is 1. The van der Waals surface area contributed by atoms with Gasteiger partial charge in [0.05, 0.1) is 12.2 Å². The van der Waals surface area contributed by atoms with Gasteiger partial charge >= 0.3 is 5.97 Å². The number of carbonyl (C=O) groups is 1. The zero-order chi connectivity index (χ0) is 19.6. The molecule has 0 saturated heterocycles. The Kier molecular flexibility index (Phi) is 5.43. The summed E-state index contributed by atoms with van der Waals surface area (Å²) in [5.74, 6) is -1.58. The minimum absolute atomic E-state index is 0.0762. The Labute approximate surface area is 159 Å². The van der Waals surface area contributed by atoms with Crippen molar-refractivity contribution in [1.29, 1.82) is 0 Å². The molecule has 142 valence electrons. The zero-order valence-corrected chi connectivity index (χ0v) is 15.4. The number of aromatic amines is 2. The molecule has 0 bridgehead atoms. The maximum atomic E-state index is 12.8. The van der Waals surface area contributed by atoms with Gasteiger partial charge in [0.1, 0.15) is 24.1 Å². The number of phenolic OH excluding ortho intramolecular Hbond substituents is 1. The van der Waals surface area contributed by atoms with Crippen molar-refractivity contribution in [3.05, 3.63) is 62.8 Å². The van der Waals surface area contributed by atoms with Crippen molar-refractivity contribution in [2.24, 2.45) is 5.92 Å². The standard InChI is InChI=1S/C18H19N3O5S/c1-9-12(17(24)26-8-7-25-2)13(10-3-5-11(22)6-4-10)14-15(19-9)20-18(27)21-16(14)23/h3-6,12-13,22H,1,7-8H2,2H3,(H3,19,20,21,23,27)/t12-,13-/m0/s1. The van der Waals surface area contributed by atoms with Crippen molar-refractivity contribution < 1.29 is 19.4 Å². The number of ether oxygens (including phenoxy) is 2. The number of benzene rings is 1. The number of hydrogen-bond acceptors (Lipinski definition) is 7. The van der Waals surface area contributed by atoms with Crippen LogP contribution in [0.15, 0.2) is 41.3 Å². The predicted molar refractivity (Wildman–Crippen MR) is 101 cm³/mol. The Hall–Kier alpha value is -2.91. The zero-order valence-electron chi connectivity index (χ0n) is 14.6. The van der Waals surface area contributed by atoms with E-state index in [1.54, 1.807) is 12.1 Å². The lowest BCUT2D eigenvalue weighted by Gasteiger charge is -2.33. The molecule has 8 nitrogen and oxygen atoms in total. The van der Waals surface area contributed by atoms with Gasteiger partial charge in [-0.2, -0.15) is 0 Å². The van der Waals surface area contributed by atoms with Gasteiger partial charge in [-0.3, -0.25) is 14.6 Å². The number of phenols is 1. The summed E-state index contributed by atoms with van der Waals surface area (Å²) in [4.78, 5) is 30.8. The molecule has 3 rings (SSSR count). The second kappa shape index (κ2) is 7.77. The van der Waals surface area contributed by atoms with E-state index in [2.05, 4.69) is 21.9 Å². The lowest BCUT2D eigenvalue weighted by molar-refractivity contribution is -0.148. The summed E-state index contributed by atoms with van der Waals surface area (Å²) in [5.41, 5.74) is 0.928. The number of esters is 1. The summed E-state index contributed by atoms with van der Waals surface area (Å²) in [6, 6.07) is 6.29. The number of hydrogen-bond donors (Lipinski definition) is 4. The number of H-pyrrole nitrogens is 2. The van der Waals surface area contributed by atoms with E-state index in [-0.39, 0.29) is 23.7 Å². The average Bonchev–Trinajstić information content (AvgIpc) is 2.61. The molecule has 4 N–H and O–H groups in total.